The number of aliphatic hydroxyl groups excluding tert-OH is 9. The minimum atomic E-state index is -1.48. The van der Waals surface area contributed by atoms with Crippen molar-refractivity contribution < 1.29 is 155 Å². The largest absolute Gasteiger partial charge is 0.394 e. The van der Waals surface area contributed by atoms with Gasteiger partial charge in [0.05, 0.1) is 145 Å². The molecule has 3 heterocycles. The lowest BCUT2D eigenvalue weighted by Gasteiger charge is -2.42. The number of nitrogens with one attached hydrogen (secondary N) is 8. The molecule has 21 N–H and O–H groups in total. The summed E-state index contributed by atoms with van der Waals surface area (Å²) in [6.45, 7) is 1.87. The van der Waals surface area contributed by atoms with E-state index in [0.717, 1.165) is 25.7 Å². The van der Waals surface area contributed by atoms with Crippen LogP contribution in [-0.2, 0) is 109 Å². The highest BCUT2D eigenvalue weighted by molar-refractivity contribution is 5.94. The zero-order chi connectivity index (χ0) is 82.3. The van der Waals surface area contributed by atoms with Crippen LogP contribution in [0.5, 0.6) is 0 Å². The maximum atomic E-state index is 14.5. The van der Waals surface area contributed by atoms with Gasteiger partial charge in [0.1, 0.15) is 105 Å². The highest BCUT2D eigenvalue weighted by Crippen LogP contribution is 2.46. The molecule has 5 unspecified atom stereocenters. The fourth-order valence-electron chi connectivity index (χ4n) is 13.1. The molecule has 0 aromatic rings. The molecule has 5 aliphatic rings. The predicted molar refractivity (Wildman–Crippen MR) is 391 cm³/mol. The summed E-state index contributed by atoms with van der Waals surface area (Å²) in [5, 5.41) is 112. The van der Waals surface area contributed by atoms with Crippen LogP contribution in [0.25, 0.3) is 0 Å². The molecule has 8 amide bonds. The van der Waals surface area contributed by atoms with Gasteiger partial charge in [0.2, 0.25) is 47.3 Å². The highest BCUT2D eigenvalue weighted by atomic mass is 16.7. The van der Waals surface area contributed by atoms with E-state index in [-0.39, 0.29) is 183 Å². The molecule has 42 nitrogen and oxygen atoms in total. The summed E-state index contributed by atoms with van der Waals surface area (Å²) in [5.74, 6) is -3.14. The number of hydrogen-bond donors (Lipinski definition) is 19. The van der Waals surface area contributed by atoms with Crippen LogP contribution in [-0.4, -0.2) is 388 Å². The Morgan fingerprint density at radius 2 is 0.717 bits per heavy atom. The van der Waals surface area contributed by atoms with E-state index in [0.29, 0.717) is 50.5 Å². The number of carbonyl (C=O) groups excluding carboxylic acids is 8. The number of carbonyl (C=O) groups is 8. The van der Waals surface area contributed by atoms with Gasteiger partial charge in [0.25, 0.3) is 0 Å². The molecule has 2 aliphatic carbocycles. The summed E-state index contributed by atoms with van der Waals surface area (Å²) in [6.07, 6.45) is -8.66. The van der Waals surface area contributed by atoms with E-state index in [1.807, 2.05) is 0 Å². The third kappa shape index (κ3) is 37.5. The first kappa shape index (κ1) is 98.3. The van der Waals surface area contributed by atoms with Gasteiger partial charge >= 0.3 is 0 Å². The lowest BCUT2D eigenvalue weighted by Crippen LogP contribution is -2.64. The first-order valence-corrected chi connectivity index (χ1v) is 39.2. The van der Waals surface area contributed by atoms with Crippen molar-refractivity contribution in [1.29, 1.82) is 0 Å². The van der Waals surface area contributed by atoms with E-state index < -0.39 is 178 Å². The van der Waals surface area contributed by atoms with E-state index in [2.05, 4.69) is 42.5 Å². The first-order chi connectivity index (χ1) is 54.5. The predicted octanol–water partition coefficient (Wildman–Crippen LogP) is -8.70. The van der Waals surface area contributed by atoms with E-state index in [1.54, 1.807) is 0 Å². The number of unbranched alkanes of at least 4 members (excludes halogenated alkanes) is 3. The molecule has 2 saturated carbocycles. The summed E-state index contributed by atoms with van der Waals surface area (Å²) >= 11 is 0. The average Bonchev–Trinajstić information content (AvgIpc) is 0.850. The summed E-state index contributed by atoms with van der Waals surface area (Å²) < 4.78 is 83.0. The molecule has 0 spiro atoms. The van der Waals surface area contributed by atoms with Gasteiger partial charge in [-0.2, -0.15) is 0 Å². The van der Waals surface area contributed by atoms with Gasteiger partial charge in [0, 0.05) is 33.0 Å². The molecule has 0 aromatic heterocycles. The van der Waals surface area contributed by atoms with Crippen molar-refractivity contribution in [2.24, 2.45) is 23.3 Å². The molecular weight excluding hydrogens is 1500 g/mol. The Kier molecular flexibility index (Phi) is 49.5. The van der Waals surface area contributed by atoms with Crippen LogP contribution in [0.4, 0.5) is 0 Å². The Morgan fingerprint density at radius 1 is 0.389 bits per heavy atom. The molecule has 20 atom stereocenters. The summed E-state index contributed by atoms with van der Waals surface area (Å²) in [7, 11) is 0. The van der Waals surface area contributed by atoms with Crippen molar-refractivity contribution in [2.75, 3.05) is 178 Å². The van der Waals surface area contributed by atoms with Gasteiger partial charge < -0.3 is 171 Å². The summed E-state index contributed by atoms with van der Waals surface area (Å²) in [4.78, 5) is 106. The Balaban J connectivity index is 1.09. The molecule has 3 saturated heterocycles. The summed E-state index contributed by atoms with van der Waals surface area (Å²) in [5.41, 5.74) is 11.7. The Hall–Kier alpha value is -5.28. The fourth-order valence-corrected chi connectivity index (χ4v) is 13.1. The first-order valence-electron chi connectivity index (χ1n) is 39.2. The molecule has 42 heteroatoms. The van der Waals surface area contributed by atoms with Crippen molar-refractivity contribution in [1.82, 2.24) is 42.5 Å². The van der Waals surface area contributed by atoms with Gasteiger partial charge in [0.15, 0.2) is 18.9 Å². The quantitative estimate of drug-likeness (QED) is 0.0252. The number of aliphatic hydroxyl groups is 9. The van der Waals surface area contributed by atoms with Crippen LogP contribution >= 0.6 is 0 Å². The van der Waals surface area contributed by atoms with Crippen LogP contribution in [0.3, 0.4) is 0 Å². The van der Waals surface area contributed by atoms with Crippen molar-refractivity contribution in [3.8, 4) is 0 Å². The molecule has 5 rings (SSSR count). The van der Waals surface area contributed by atoms with Gasteiger partial charge in [-0.25, -0.2) is 0 Å². The molecule has 0 aromatic carbocycles. The molecule has 654 valence electrons. The van der Waals surface area contributed by atoms with Crippen LogP contribution in [0.1, 0.15) is 97.3 Å². The molecule has 0 bridgehead atoms. The van der Waals surface area contributed by atoms with Gasteiger partial charge in [-0.3, -0.25) is 38.4 Å². The van der Waals surface area contributed by atoms with Crippen molar-refractivity contribution in [3.05, 3.63) is 0 Å². The van der Waals surface area contributed by atoms with E-state index in [4.69, 9.17) is 82.5 Å². The maximum Gasteiger partial charge on any atom is 0.246 e. The minimum absolute atomic E-state index is 0.0204. The number of ether oxygens (including phenoxy) is 15. The topological polar surface area (TPSA) is 605 Å². The van der Waals surface area contributed by atoms with E-state index >= 15 is 0 Å². The van der Waals surface area contributed by atoms with Crippen LogP contribution in [0, 0.1) is 11.8 Å². The molecule has 113 heavy (non-hydrogen) atoms. The standard InChI is InChI=1S/C71H128N10O32/c1-43(85)76-58-64(94)61(91)52(38-83)112-70(58)109-33-30-103-21-18-100-24-27-106-41-55(88)75-16-8-5-11-50(68(98)80-49(9-3-6-14-72)66(96)78-47-35-45-12-13-46(45)36-47)81-67(97)48(79-56(89)42-107-28-25-101-19-22-104-31-34-110-71-59(77-44(2)86)65(95)62(92)53(39-84)113-71)10-4-7-15-74-54(87)40-105-26-23-99-17-20-102-29-32-108-69-57(73)63(93)60(90)51(37-82)111-69/h45-53,57-65,69-71,82-84,90-95H,3-42,72-73H2,1-2H3,(H,74,87)(H,75,88)(H,76,85)(H,77,86)(H,78,96)(H,79,89)(H,80,98)(H,81,97)/t45?,46?,47?,48?,49?,50?,51-,52-,53-,57-,58-,59-,60+,61+,62+,63-,64-,65-,69-,70-,71-/m1/s1. The average molecular weight is 1630 g/mol. The lowest BCUT2D eigenvalue weighted by molar-refractivity contribution is -0.272. The molecule has 0 radical (unpaired) electrons. The second-order valence-corrected chi connectivity index (χ2v) is 28.1. The minimum Gasteiger partial charge on any atom is -0.394 e. The molecule has 3 aliphatic heterocycles. The normalized spacial score (nSPS) is 27.5. The Morgan fingerprint density at radius 3 is 1.09 bits per heavy atom. The third-order valence-corrected chi connectivity index (χ3v) is 19.3. The number of fused-ring (bicyclic) bond motifs is 1. The summed E-state index contributed by atoms with van der Waals surface area (Å²) in [6, 6.07) is -6.72. The Labute approximate surface area is 657 Å². The second-order valence-electron chi connectivity index (χ2n) is 28.1. The third-order valence-electron chi connectivity index (χ3n) is 19.3. The van der Waals surface area contributed by atoms with Crippen LogP contribution < -0.4 is 54.0 Å². The van der Waals surface area contributed by atoms with Gasteiger partial charge in [-0.05, 0) is 102 Å². The number of rotatable bonds is 62. The van der Waals surface area contributed by atoms with Crippen LogP contribution in [0.15, 0.2) is 0 Å². The molecular formula is C71H128N10O32. The highest BCUT2D eigenvalue weighted by Gasteiger charge is 2.48. The van der Waals surface area contributed by atoms with Gasteiger partial charge in [-0.1, -0.05) is 0 Å². The second kappa shape index (κ2) is 57.0. The van der Waals surface area contributed by atoms with E-state index in [1.165, 1.54) is 13.8 Å². The lowest BCUT2D eigenvalue weighted by atomic mass is 9.77. The maximum absolute atomic E-state index is 14.5. The van der Waals surface area contributed by atoms with Crippen molar-refractivity contribution in [3.63, 3.8) is 0 Å². The smallest absolute Gasteiger partial charge is 0.246 e. The SMILES string of the molecule is CC(=O)N[C@H]1[C@H](OCCOCCOCCOCC(=O)NCCCCC(NC(=O)C(CCCCNC(=O)COCCOCCOCCO[C@@H]2O[C@H](CO)[C@H](O)[C@H](O)[C@H]2N)NC(=O)COCCOCCOCCO[C@@H]2O[C@H](CO)[C@H](O)[C@H](O)[C@H]2NC(C)=O)C(=O)NC(CCCCN)C(=O)NC2CC3CCC3C2)O[C@H](CO)[C@H](O)[C@@H]1O. The number of nitrogens with two attached hydrogens (primary N) is 2. The van der Waals surface area contributed by atoms with E-state index in [9.17, 15) is 84.3 Å². The zero-order valence-corrected chi connectivity index (χ0v) is 65.0. The fraction of sp³-hybridized carbons (Fsp3) is 0.887. The van der Waals surface area contributed by atoms with Gasteiger partial charge in [-0.15, -0.1) is 0 Å². The number of hydrogen-bond acceptors (Lipinski definition) is 34. The zero-order valence-electron chi connectivity index (χ0n) is 65.0. The monoisotopic (exact) mass is 1630 g/mol. The Bertz CT molecular complexity index is 2680. The molecule has 5 fully saturated rings. The van der Waals surface area contributed by atoms with Crippen molar-refractivity contribution >= 4 is 47.3 Å². The number of amides is 8. The van der Waals surface area contributed by atoms with Crippen LogP contribution in [0.2, 0.25) is 0 Å². The van der Waals surface area contributed by atoms with Crippen molar-refractivity contribution in [2.45, 2.75) is 213 Å².